The first-order chi connectivity index (χ1) is 7.52. The summed E-state index contributed by atoms with van der Waals surface area (Å²) in [6.45, 7) is 1.63. The molecule has 0 aliphatic carbocycles. The van der Waals surface area contributed by atoms with Gasteiger partial charge in [0.25, 0.3) is 0 Å². The predicted molar refractivity (Wildman–Crippen MR) is 58.7 cm³/mol. The van der Waals surface area contributed by atoms with E-state index in [0.717, 1.165) is 11.8 Å². The fourth-order valence-corrected chi connectivity index (χ4v) is 1.53. The van der Waals surface area contributed by atoms with Gasteiger partial charge >= 0.3 is 6.03 Å². The maximum absolute atomic E-state index is 11.4. The van der Waals surface area contributed by atoms with Crippen molar-refractivity contribution in [3.8, 4) is 0 Å². The summed E-state index contributed by atoms with van der Waals surface area (Å²) in [7, 11) is 1.43. The van der Waals surface area contributed by atoms with Gasteiger partial charge in [-0.05, 0) is 6.92 Å². The predicted octanol–water partition coefficient (Wildman–Crippen LogP) is -0.677. The molecule has 1 heterocycles. The van der Waals surface area contributed by atoms with Crippen LogP contribution in [0.25, 0.3) is 0 Å². The number of aromatic nitrogens is 3. The minimum Gasteiger partial charge on any atom is -0.368 e. The van der Waals surface area contributed by atoms with Crippen LogP contribution < -0.4 is 16.4 Å². The number of amides is 3. The van der Waals surface area contributed by atoms with Crippen LogP contribution in [0.15, 0.2) is 5.16 Å². The number of rotatable bonds is 3. The lowest BCUT2D eigenvalue weighted by molar-refractivity contribution is -0.119. The highest BCUT2D eigenvalue weighted by atomic mass is 32.2. The van der Waals surface area contributed by atoms with Crippen molar-refractivity contribution >= 4 is 29.6 Å². The second kappa shape index (κ2) is 5.35. The number of carbonyl (C=O) groups is 2. The van der Waals surface area contributed by atoms with E-state index in [9.17, 15) is 9.59 Å². The van der Waals surface area contributed by atoms with E-state index in [0.29, 0.717) is 5.16 Å². The van der Waals surface area contributed by atoms with Gasteiger partial charge in [0, 0.05) is 7.05 Å². The van der Waals surface area contributed by atoms with Crippen molar-refractivity contribution in [2.45, 2.75) is 17.3 Å². The summed E-state index contributed by atoms with van der Waals surface area (Å²) < 4.78 is 0. The Balaban J connectivity index is 2.48. The topological polar surface area (TPSA) is 126 Å². The summed E-state index contributed by atoms with van der Waals surface area (Å²) in [6, 6.07) is -0.549. The number of anilines is 1. The van der Waals surface area contributed by atoms with Gasteiger partial charge in [0.2, 0.25) is 17.0 Å². The molecule has 0 aliphatic heterocycles. The number of nitrogens with zero attached hydrogens (tertiary/aromatic N) is 2. The molecule has 0 radical (unpaired) electrons. The quantitative estimate of drug-likeness (QED) is 0.522. The molecule has 0 fully saturated rings. The molecule has 1 atom stereocenters. The molecule has 5 N–H and O–H groups in total. The third kappa shape index (κ3) is 3.42. The SMILES string of the molecule is CNC(=O)NC(=O)[C@@H](C)Sc1n[nH]c(N)n1. The first-order valence-corrected chi connectivity index (χ1v) is 5.28. The summed E-state index contributed by atoms with van der Waals surface area (Å²) in [5.41, 5.74) is 5.33. The molecule has 0 unspecified atom stereocenters. The Morgan fingerprint density at radius 2 is 2.25 bits per heavy atom. The second-order valence-electron chi connectivity index (χ2n) is 2.83. The normalized spacial score (nSPS) is 11.9. The molecule has 3 amide bonds. The molecule has 1 aromatic rings. The van der Waals surface area contributed by atoms with Crippen LogP contribution in [0.3, 0.4) is 0 Å². The van der Waals surface area contributed by atoms with Crippen molar-refractivity contribution < 1.29 is 9.59 Å². The molecule has 1 aromatic heterocycles. The Bertz CT molecular complexity index is 392. The minimum atomic E-state index is -0.549. The molecule has 0 aromatic carbocycles. The molecule has 0 bridgehead atoms. The Hall–Kier alpha value is -1.77. The van der Waals surface area contributed by atoms with Crippen LogP contribution in [0, 0.1) is 0 Å². The molecule has 0 saturated heterocycles. The van der Waals surface area contributed by atoms with Gasteiger partial charge in [-0.3, -0.25) is 10.1 Å². The molecule has 88 valence electrons. The number of nitrogens with two attached hydrogens (primary N) is 1. The number of carbonyl (C=O) groups excluding carboxylic acids is 2. The third-order valence-electron chi connectivity index (χ3n) is 1.60. The highest BCUT2D eigenvalue weighted by Gasteiger charge is 2.18. The minimum absolute atomic E-state index is 0.182. The van der Waals surface area contributed by atoms with Crippen LogP contribution in [0.2, 0.25) is 0 Å². The van der Waals surface area contributed by atoms with Crippen LogP contribution in [0.5, 0.6) is 0 Å². The van der Waals surface area contributed by atoms with E-state index in [1.807, 2.05) is 0 Å². The van der Waals surface area contributed by atoms with Crippen molar-refractivity contribution in [1.29, 1.82) is 0 Å². The van der Waals surface area contributed by atoms with Crippen molar-refractivity contribution in [3.63, 3.8) is 0 Å². The van der Waals surface area contributed by atoms with Crippen LogP contribution in [-0.2, 0) is 4.79 Å². The van der Waals surface area contributed by atoms with Gasteiger partial charge in [0.1, 0.15) is 0 Å². The van der Waals surface area contributed by atoms with Gasteiger partial charge in [0.05, 0.1) is 5.25 Å². The maximum Gasteiger partial charge on any atom is 0.321 e. The highest BCUT2D eigenvalue weighted by Crippen LogP contribution is 2.19. The number of urea groups is 1. The summed E-state index contributed by atoms with van der Waals surface area (Å²) in [5, 5.41) is 10.5. The average Bonchev–Trinajstić information content (AvgIpc) is 2.63. The molecular formula is C7H12N6O2S. The van der Waals surface area contributed by atoms with Crippen LogP contribution in [-0.4, -0.2) is 39.4 Å². The monoisotopic (exact) mass is 244 g/mol. The standard InChI is InChI=1S/C7H12N6O2S/c1-3(4(14)10-6(15)9-2)16-7-11-5(8)12-13-7/h3H,1-2H3,(H3,8,11,12,13)(H2,9,10,14,15)/t3-/m1/s1. The molecule has 0 spiro atoms. The van der Waals surface area contributed by atoms with E-state index in [4.69, 9.17) is 5.73 Å². The molecule has 9 heteroatoms. The number of nitrogens with one attached hydrogen (secondary N) is 3. The molecule has 0 saturated carbocycles. The number of hydrogen-bond acceptors (Lipinski definition) is 6. The van der Waals surface area contributed by atoms with Crippen LogP contribution in [0.1, 0.15) is 6.92 Å². The van der Waals surface area contributed by atoms with Gasteiger partial charge in [-0.1, -0.05) is 11.8 Å². The van der Waals surface area contributed by atoms with E-state index in [2.05, 4.69) is 25.8 Å². The largest absolute Gasteiger partial charge is 0.368 e. The maximum atomic E-state index is 11.4. The number of imide groups is 1. The van der Waals surface area contributed by atoms with Crippen molar-refractivity contribution in [3.05, 3.63) is 0 Å². The first kappa shape index (κ1) is 12.3. The Labute approximate surface area is 95.8 Å². The van der Waals surface area contributed by atoms with Crippen LogP contribution in [0.4, 0.5) is 10.7 Å². The van der Waals surface area contributed by atoms with Crippen LogP contribution >= 0.6 is 11.8 Å². The molecule has 0 aliphatic rings. The van der Waals surface area contributed by atoms with E-state index < -0.39 is 17.2 Å². The van der Waals surface area contributed by atoms with Crippen molar-refractivity contribution in [2.75, 3.05) is 12.8 Å². The van der Waals surface area contributed by atoms with E-state index in [1.54, 1.807) is 6.92 Å². The molecule has 1 rings (SSSR count). The first-order valence-electron chi connectivity index (χ1n) is 4.40. The fraction of sp³-hybridized carbons (Fsp3) is 0.429. The van der Waals surface area contributed by atoms with Gasteiger partial charge in [-0.25, -0.2) is 9.89 Å². The lowest BCUT2D eigenvalue weighted by atomic mass is 10.4. The Morgan fingerprint density at radius 1 is 1.56 bits per heavy atom. The highest BCUT2D eigenvalue weighted by molar-refractivity contribution is 8.00. The van der Waals surface area contributed by atoms with E-state index >= 15 is 0 Å². The number of thioether (sulfide) groups is 1. The zero-order chi connectivity index (χ0) is 12.1. The Morgan fingerprint density at radius 3 is 2.75 bits per heavy atom. The molecule has 16 heavy (non-hydrogen) atoms. The number of hydrogen-bond donors (Lipinski definition) is 4. The molecule has 8 nitrogen and oxygen atoms in total. The summed E-state index contributed by atoms with van der Waals surface area (Å²) in [4.78, 5) is 26.1. The summed E-state index contributed by atoms with van der Waals surface area (Å²) >= 11 is 1.10. The summed E-state index contributed by atoms with van der Waals surface area (Å²) in [5.74, 6) is -0.242. The zero-order valence-electron chi connectivity index (χ0n) is 8.77. The van der Waals surface area contributed by atoms with E-state index in [-0.39, 0.29) is 5.95 Å². The average molecular weight is 244 g/mol. The fourth-order valence-electron chi connectivity index (χ4n) is 0.799. The lowest BCUT2D eigenvalue weighted by Crippen LogP contribution is -2.41. The van der Waals surface area contributed by atoms with Crippen molar-refractivity contribution in [1.82, 2.24) is 25.8 Å². The van der Waals surface area contributed by atoms with E-state index in [1.165, 1.54) is 7.05 Å². The zero-order valence-corrected chi connectivity index (χ0v) is 9.59. The van der Waals surface area contributed by atoms with Crippen molar-refractivity contribution in [2.24, 2.45) is 0 Å². The Kier molecular flexibility index (Phi) is 4.11. The van der Waals surface area contributed by atoms with Gasteiger partial charge in [0.15, 0.2) is 0 Å². The molecular weight excluding hydrogens is 232 g/mol. The van der Waals surface area contributed by atoms with Gasteiger partial charge < -0.3 is 11.1 Å². The lowest BCUT2D eigenvalue weighted by Gasteiger charge is -2.08. The second-order valence-corrected chi connectivity index (χ2v) is 4.14. The van der Waals surface area contributed by atoms with Gasteiger partial charge in [-0.15, -0.1) is 5.10 Å². The number of H-pyrrole nitrogens is 1. The summed E-state index contributed by atoms with van der Waals surface area (Å²) in [6.07, 6.45) is 0. The number of aromatic amines is 1. The smallest absolute Gasteiger partial charge is 0.321 e. The number of nitrogen functional groups attached to an aromatic ring is 1. The van der Waals surface area contributed by atoms with Gasteiger partial charge in [-0.2, -0.15) is 4.98 Å². The third-order valence-corrected chi connectivity index (χ3v) is 2.56.